The zero-order valence-electron chi connectivity index (χ0n) is 12.9. The first-order valence-corrected chi connectivity index (χ1v) is 7.82. The maximum Gasteiger partial charge on any atom is 0.294 e. The zero-order chi connectivity index (χ0) is 15.8. The Hall–Kier alpha value is -2.76. The van der Waals surface area contributed by atoms with Crippen molar-refractivity contribution in [1.29, 1.82) is 0 Å². The number of azo groups is 1. The van der Waals surface area contributed by atoms with Gasteiger partial charge in [-0.2, -0.15) is 5.11 Å². The average Bonchev–Trinajstić information content (AvgIpc) is 2.90. The minimum absolute atomic E-state index is 0.257. The second-order valence-electron chi connectivity index (χ2n) is 5.92. The maximum atomic E-state index is 12.2. The first-order chi connectivity index (χ1) is 11.2. The van der Waals surface area contributed by atoms with Gasteiger partial charge in [-0.3, -0.25) is 9.89 Å². The summed E-state index contributed by atoms with van der Waals surface area (Å²) in [6, 6.07) is 7.68. The van der Waals surface area contributed by atoms with Crippen LogP contribution in [0.3, 0.4) is 0 Å². The summed E-state index contributed by atoms with van der Waals surface area (Å²) >= 11 is 0. The van der Waals surface area contributed by atoms with E-state index in [2.05, 4.69) is 20.3 Å². The maximum absolute atomic E-state index is 12.2. The summed E-state index contributed by atoms with van der Waals surface area (Å²) in [7, 11) is 0. The van der Waals surface area contributed by atoms with Crippen molar-refractivity contribution in [2.45, 2.75) is 32.6 Å². The van der Waals surface area contributed by atoms with Crippen molar-refractivity contribution >= 4 is 17.0 Å². The SMILES string of the molecule is Cc1ccc(N=Nc2c(=O)[nH]n3c4c(cnc23)CCCC4)cc1. The van der Waals surface area contributed by atoms with Crippen LogP contribution < -0.4 is 5.56 Å². The van der Waals surface area contributed by atoms with E-state index >= 15 is 0 Å². The highest BCUT2D eigenvalue weighted by Crippen LogP contribution is 2.24. The number of rotatable bonds is 2. The monoisotopic (exact) mass is 307 g/mol. The summed E-state index contributed by atoms with van der Waals surface area (Å²) in [5, 5.41) is 11.2. The smallest absolute Gasteiger partial charge is 0.265 e. The van der Waals surface area contributed by atoms with Crippen LogP contribution in [0.15, 0.2) is 45.5 Å². The Bertz CT molecular complexity index is 950. The van der Waals surface area contributed by atoms with Crippen LogP contribution in [0, 0.1) is 6.92 Å². The van der Waals surface area contributed by atoms with Crippen molar-refractivity contribution < 1.29 is 0 Å². The molecule has 23 heavy (non-hydrogen) atoms. The van der Waals surface area contributed by atoms with Gasteiger partial charge in [0.15, 0.2) is 11.3 Å². The van der Waals surface area contributed by atoms with Crippen LogP contribution in [-0.2, 0) is 12.8 Å². The molecule has 0 aliphatic heterocycles. The first kappa shape index (κ1) is 13.9. The number of benzene rings is 1. The third-order valence-corrected chi connectivity index (χ3v) is 4.24. The molecule has 0 unspecified atom stereocenters. The quantitative estimate of drug-likeness (QED) is 0.734. The molecule has 2 heterocycles. The van der Waals surface area contributed by atoms with Crippen LogP contribution in [0.2, 0.25) is 0 Å². The second kappa shape index (κ2) is 5.46. The first-order valence-electron chi connectivity index (χ1n) is 7.82. The minimum Gasteiger partial charge on any atom is -0.265 e. The van der Waals surface area contributed by atoms with Crippen molar-refractivity contribution in [2.24, 2.45) is 10.2 Å². The van der Waals surface area contributed by atoms with Gasteiger partial charge in [0.2, 0.25) is 0 Å². The van der Waals surface area contributed by atoms with Crippen LogP contribution in [-0.4, -0.2) is 14.6 Å². The third kappa shape index (κ3) is 2.46. The summed E-state index contributed by atoms with van der Waals surface area (Å²) in [6.07, 6.45) is 6.13. The largest absolute Gasteiger partial charge is 0.294 e. The summed E-state index contributed by atoms with van der Waals surface area (Å²) in [5.41, 5.74) is 4.77. The highest BCUT2D eigenvalue weighted by molar-refractivity contribution is 5.63. The summed E-state index contributed by atoms with van der Waals surface area (Å²) in [4.78, 5) is 16.6. The van der Waals surface area contributed by atoms with Gasteiger partial charge in [0.25, 0.3) is 5.56 Å². The Labute approximate surface area is 132 Å². The molecule has 0 atom stereocenters. The van der Waals surface area contributed by atoms with E-state index in [4.69, 9.17) is 0 Å². The highest BCUT2D eigenvalue weighted by Gasteiger charge is 2.18. The molecule has 4 rings (SSSR count). The number of H-pyrrole nitrogens is 1. The van der Waals surface area contributed by atoms with Crippen molar-refractivity contribution in [3.8, 4) is 0 Å². The molecule has 0 spiro atoms. The molecule has 0 bridgehead atoms. The van der Waals surface area contributed by atoms with Gasteiger partial charge in [-0.15, -0.1) is 5.11 Å². The van der Waals surface area contributed by atoms with Gasteiger partial charge in [0.1, 0.15) is 0 Å². The van der Waals surface area contributed by atoms with Gasteiger partial charge >= 0.3 is 0 Å². The van der Waals surface area contributed by atoms with Gasteiger partial charge in [0.05, 0.1) is 5.69 Å². The van der Waals surface area contributed by atoms with Gasteiger partial charge in [0, 0.05) is 11.9 Å². The standard InChI is InChI=1S/C17H17N5O/c1-11-6-8-13(9-7-11)19-20-15-16-18-10-12-4-2-3-5-14(12)22(16)21-17(15)23/h6-10H,2-5H2,1H3,(H,21,23). The van der Waals surface area contributed by atoms with Crippen molar-refractivity contribution in [1.82, 2.24) is 14.6 Å². The Morgan fingerprint density at radius 2 is 1.91 bits per heavy atom. The van der Waals surface area contributed by atoms with Gasteiger partial charge in [-0.1, -0.05) is 17.7 Å². The Morgan fingerprint density at radius 1 is 1.13 bits per heavy atom. The van der Waals surface area contributed by atoms with E-state index in [0.717, 1.165) is 30.5 Å². The molecule has 1 N–H and O–H groups in total. The molecular formula is C17H17N5O. The fourth-order valence-electron chi connectivity index (χ4n) is 2.98. The number of hydrogen-bond acceptors (Lipinski definition) is 4. The fraction of sp³-hybridized carbons (Fsp3) is 0.294. The fourth-order valence-corrected chi connectivity index (χ4v) is 2.98. The number of aromatic amines is 1. The zero-order valence-corrected chi connectivity index (χ0v) is 12.9. The average molecular weight is 307 g/mol. The van der Waals surface area contributed by atoms with E-state index < -0.39 is 0 Å². The molecule has 3 aromatic rings. The molecule has 6 heteroatoms. The second-order valence-corrected chi connectivity index (χ2v) is 5.92. The lowest BCUT2D eigenvalue weighted by Gasteiger charge is -2.15. The molecule has 2 aromatic heterocycles. The summed E-state index contributed by atoms with van der Waals surface area (Å²) in [6.45, 7) is 2.01. The number of hydrogen-bond donors (Lipinski definition) is 1. The number of nitrogens with zero attached hydrogens (tertiary/aromatic N) is 4. The predicted octanol–water partition coefficient (Wildman–Crippen LogP) is 3.63. The van der Waals surface area contributed by atoms with E-state index in [9.17, 15) is 4.79 Å². The van der Waals surface area contributed by atoms with Crippen LogP contribution in [0.5, 0.6) is 0 Å². The molecule has 1 aliphatic rings. The topological polar surface area (TPSA) is 74.9 Å². The van der Waals surface area contributed by atoms with Gasteiger partial charge in [-0.05, 0) is 50.3 Å². The molecule has 1 aliphatic carbocycles. The van der Waals surface area contributed by atoms with Crippen LogP contribution in [0.1, 0.15) is 29.7 Å². The molecule has 0 amide bonds. The molecule has 0 saturated carbocycles. The Morgan fingerprint density at radius 3 is 2.74 bits per heavy atom. The molecular weight excluding hydrogens is 290 g/mol. The summed E-state index contributed by atoms with van der Waals surface area (Å²) in [5.74, 6) is 0. The lowest BCUT2D eigenvalue weighted by atomic mass is 9.97. The van der Waals surface area contributed by atoms with Crippen molar-refractivity contribution in [3.05, 3.63) is 57.6 Å². The van der Waals surface area contributed by atoms with Crippen LogP contribution in [0.25, 0.3) is 5.65 Å². The third-order valence-electron chi connectivity index (χ3n) is 4.24. The Kier molecular flexibility index (Phi) is 3.29. The number of aromatic nitrogens is 3. The molecule has 6 nitrogen and oxygen atoms in total. The van der Waals surface area contributed by atoms with E-state index in [1.165, 1.54) is 12.0 Å². The van der Waals surface area contributed by atoms with Crippen LogP contribution in [0.4, 0.5) is 11.4 Å². The van der Waals surface area contributed by atoms with Gasteiger partial charge < -0.3 is 0 Å². The van der Waals surface area contributed by atoms with E-state index in [1.807, 2.05) is 37.4 Å². The van der Waals surface area contributed by atoms with Crippen LogP contribution >= 0.6 is 0 Å². The van der Waals surface area contributed by atoms with E-state index in [1.54, 1.807) is 4.52 Å². The minimum atomic E-state index is -0.257. The number of nitrogens with one attached hydrogen (secondary N) is 1. The van der Waals surface area contributed by atoms with E-state index in [-0.39, 0.29) is 11.2 Å². The normalized spacial score (nSPS) is 14.5. The highest BCUT2D eigenvalue weighted by atomic mass is 16.1. The molecule has 0 fully saturated rings. The summed E-state index contributed by atoms with van der Waals surface area (Å²) < 4.78 is 1.78. The number of fused-ring (bicyclic) bond motifs is 3. The van der Waals surface area contributed by atoms with Gasteiger partial charge in [-0.25, -0.2) is 9.50 Å². The Balaban J connectivity index is 1.79. The molecule has 0 saturated heterocycles. The lowest BCUT2D eigenvalue weighted by Crippen LogP contribution is -2.11. The van der Waals surface area contributed by atoms with E-state index in [0.29, 0.717) is 11.3 Å². The van der Waals surface area contributed by atoms with Crippen molar-refractivity contribution in [3.63, 3.8) is 0 Å². The molecule has 116 valence electrons. The van der Waals surface area contributed by atoms with Crippen molar-refractivity contribution in [2.75, 3.05) is 0 Å². The molecule has 1 aromatic carbocycles. The predicted molar refractivity (Wildman–Crippen MR) is 87.8 cm³/mol. The number of aryl methyl sites for hydroxylation is 3. The lowest BCUT2D eigenvalue weighted by molar-refractivity contribution is 0.639. The molecule has 0 radical (unpaired) electrons.